The predicted molar refractivity (Wildman–Crippen MR) is 76.1 cm³/mol. The van der Waals surface area contributed by atoms with Crippen LogP contribution in [0.4, 0.5) is 10.1 Å². The highest BCUT2D eigenvalue weighted by Crippen LogP contribution is 2.20. The lowest BCUT2D eigenvalue weighted by Crippen LogP contribution is -2.08. The third kappa shape index (κ3) is 3.08. The number of nitrogen functional groups attached to an aromatic ring is 1. The molecule has 3 nitrogen and oxygen atoms in total. The molecule has 0 saturated heterocycles. The lowest BCUT2D eigenvalue weighted by Gasteiger charge is -2.09. The summed E-state index contributed by atoms with van der Waals surface area (Å²) in [6.45, 7) is 1.73. The molecule has 0 aliphatic heterocycles. The van der Waals surface area contributed by atoms with E-state index in [1.54, 1.807) is 25.1 Å². The van der Waals surface area contributed by atoms with Gasteiger partial charge < -0.3 is 10.5 Å². The van der Waals surface area contributed by atoms with E-state index < -0.39 is 11.8 Å². The maximum absolute atomic E-state index is 12.9. The van der Waals surface area contributed by atoms with E-state index in [9.17, 15) is 9.18 Å². The van der Waals surface area contributed by atoms with Crippen molar-refractivity contribution >= 4 is 23.3 Å². The molecule has 20 heavy (non-hydrogen) atoms. The Balaban J connectivity index is 2.11. The molecule has 2 aromatic rings. The Morgan fingerprint density at radius 1 is 1.35 bits per heavy atom. The van der Waals surface area contributed by atoms with Gasteiger partial charge in [-0.2, -0.15) is 0 Å². The highest BCUT2D eigenvalue weighted by molar-refractivity contribution is 6.31. The summed E-state index contributed by atoms with van der Waals surface area (Å²) in [5.74, 6) is -0.924. The predicted octanol–water partition coefficient (Wildman–Crippen LogP) is 3.73. The van der Waals surface area contributed by atoms with Gasteiger partial charge in [0, 0.05) is 11.3 Å². The number of halogens is 2. The molecule has 0 aliphatic rings. The summed E-state index contributed by atoms with van der Waals surface area (Å²) in [4.78, 5) is 12.0. The van der Waals surface area contributed by atoms with E-state index in [4.69, 9.17) is 22.1 Å². The first-order valence-corrected chi connectivity index (χ1v) is 6.33. The van der Waals surface area contributed by atoms with Crippen LogP contribution < -0.4 is 5.73 Å². The first kappa shape index (κ1) is 14.3. The van der Waals surface area contributed by atoms with Crippen LogP contribution in [0, 0.1) is 12.7 Å². The van der Waals surface area contributed by atoms with Crippen molar-refractivity contribution in [2.45, 2.75) is 13.5 Å². The van der Waals surface area contributed by atoms with E-state index in [0.717, 1.165) is 0 Å². The molecule has 2 rings (SSSR count). The van der Waals surface area contributed by atoms with Crippen LogP contribution in [-0.2, 0) is 11.3 Å². The van der Waals surface area contributed by atoms with Gasteiger partial charge in [0.1, 0.15) is 12.4 Å². The molecule has 5 heteroatoms. The van der Waals surface area contributed by atoms with Gasteiger partial charge in [-0.1, -0.05) is 23.7 Å². The number of hydrogen-bond acceptors (Lipinski definition) is 3. The largest absolute Gasteiger partial charge is 0.457 e. The fraction of sp³-hybridized carbons (Fsp3) is 0.133. The van der Waals surface area contributed by atoms with E-state index >= 15 is 0 Å². The molecule has 0 bridgehead atoms. The summed E-state index contributed by atoms with van der Waals surface area (Å²) in [7, 11) is 0. The molecule has 2 aromatic carbocycles. The fourth-order valence-corrected chi connectivity index (χ4v) is 1.96. The van der Waals surface area contributed by atoms with Crippen LogP contribution in [-0.4, -0.2) is 5.97 Å². The average Bonchev–Trinajstić information content (AvgIpc) is 2.40. The molecular weight excluding hydrogens is 281 g/mol. The van der Waals surface area contributed by atoms with Gasteiger partial charge >= 0.3 is 5.97 Å². The Labute approximate surface area is 121 Å². The Morgan fingerprint density at radius 2 is 2.10 bits per heavy atom. The summed E-state index contributed by atoms with van der Waals surface area (Å²) in [5.41, 5.74) is 7.88. The van der Waals surface area contributed by atoms with E-state index in [-0.39, 0.29) is 11.6 Å². The van der Waals surface area contributed by atoms with Crippen molar-refractivity contribution in [2.75, 3.05) is 5.73 Å². The van der Waals surface area contributed by atoms with Crippen molar-refractivity contribution in [1.29, 1.82) is 0 Å². The molecule has 0 amide bonds. The number of ether oxygens (including phenoxy) is 1. The molecular formula is C15H13ClFNO2. The van der Waals surface area contributed by atoms with Gasteiger partial charge in [0.25, 0.3) is 0 Å². The summed E-state index contributed by atoms with van der Waals surface area (Å²) in [6, 6.07) is 8.96. The molecule has 0 aliphatic carbocycles. The number of anilines is 1. The fourth-order valence-electron chi connectivity index (χ4n) is 1.73. The zero-order valence-electron chi connectivity index (χ0n) is 10.8. The standard InChI is InChI=1S/C15H13ClFNO2/c1-9-12(3-2-4-14(9)18)15(19)20-8-10-5-6-11(17)7-13(10)16/h2-7H,8,18H2,1H3. The molecule has 0 saturated carbocycles. The molecule has 0 aromatic heterocycles. The van der Waals surface area contributed by atoms with Crippen LogP contribution in [0.5, 0.6) is 0 Å². The van der Waals surface area contributed by atoms with E-state index in [0.29, 0.717) is 22.4 Å². The number of rotatable bonds is 3. The molecule has 0 spiro atoms. The number of carbonyl (C=O) groups excluding carboxylic acids is 1. The lowest BCUT2D eigenvalue weighted by atomic mass is 10.1. The van der Waals surface area contributed by atoms with Gasteiger partial charge in [-0.15, -0.1) is 0 Å². The second-order valence-corrected chi connectivity index (χ2v) is 4.74. The summed E-state index contributed by atoms with van der Waals surface area (Å²) >= 11 is 5.86. The average molecular weight is 294 g/mol. The zero-order valence-corrected chi connectivity index (χ0v) is 11.6. The first-order valence-electron chi connectivity index (χ1n) is 5.95. The second kappa shape index (κ2) is 5.92. The molecule has 0 atom stereocenters. The number of esters is 1. The van der Waals surface area contributed by atoms with Gasteiger partial charge in [-0.05, 0) is 36.8 Å². The normalized spacial score (nSPS) is 10.3. The molecule has 0 unspecified atom stereocenters. The molecule has 0 radical (unpaired) electrons. The molecule has 2 N–H and O–H groups in total. The Hall–Kier alpha value is -2.07. The van der Waals surface area contributed by atoms with Crippen molar-refractivity contribution in [2.24, 2.45) is 0 Å². The zero-order chi connectivity index (χ0) is 14.7. The van der Waals surface area contributed by atoms with Crippen LogP contribution in [0.25, 0.3) is 0 Å². The van der Waals surface area contributed by atoms with Crippen molar-refractivity contribution in [3.05, 3.63) is 63.9 Å². The van der Waals surface area contributed by atoms with Crippen LogP contribution in [0.15, 0.2) is 36.4 Å². The van der Waals surface area contributed by atoms with E-state index in [1.165, 1.54) is 18.2 Å². The molecule has 0 fully saturated rings. The van der Waals surface area contributed by atoms with E-state index in [2.05, 4.69) is 0 Å². The number of hydrogen-bond donors (Lipinski definition) is 1. The van der Waals surface area contributed by atoms with Crippen molar-refractivity contribution in [3.8, 4) is 0 Å². The van der Waals surface area contributed by atoms with Crippen LogP contribution >= 0.6 is 11.6 Å². The van der Waals surface area contributed by atoms with Gasteiger partial charge in [-0.25, -0.2) is 9.18 Å². The number of carbonyl (C=O) groups is 1. The van der Waals surface area contributed by atoms with Crippen molar-refractivity contribution < 1.29 is 13.9 Å². The van der Waals surface area contributed by atoms with Crippen molar-refractivity contribution in [3.63, 3.8) is 0 Å². The maximum atomic E-state index is 12.9. The third-order valence-corrected chi connectivity index (χ3v) is 3.32. The number of nitrogens with two attached hydrogens (primary N) is 1. The highest BCUT2D eigenvalue weighted by atomic mass is 35.5. The lowest BCUT2D eigenvalue weighted by molar-refractivity contribution is 0.0472. The van der Waals surface area contributed by atoms with Gasteiger partial charge in [-0.3, -0.25) is 0 Å². The van der Waals surface area contributed by atoms with Gasteiger partial charge in [0.2, 0.25) is 0 Å². The third-order valence-electron chi connectivity index (χ3n) is 2.97. The van der Waals surface area contributed by atoms with Crippen LogP contribution in [0.1, 0.15) is 21.5 Å². The summed E-state index contributed by atoms with van der Waals surface area (Å²) < 4.78 is 18.1. The monoisotopic (exact) mass is 293 g/mol. The Morgan fingerprint density at radius 3 is 2.80 bits per heavy atom. The first-order chi connectivity index (χ1) is 9.49. The Bertz CT molecular complexity index is 658. The maximum Gasteiger partial charge on any atom is 0.338 e. The highest BCUT2D eigenvalue weighted by Gasteiger charge is 2.13. The van der Waals surface area contributed by atoms with Crippen LogP contribution in [0.2, 0.25) is 5.02 Å². The minimum Gasteiger partial charge on any atom is -0.457 e. The smallest absolute Gasteiger partial charge is 0.338 e. The molecule has 104 valence electrons. The van der Waals surface area contributed by atoms with Crippen LogP contribution in [0.3, 0.4) is 0 Å². The minimum absolute atomic E-state index is 0.0216. The molecule has 0 heterocycles. The number of benzene rings is 2. The van der Waals surface area contributed by atoms with E-state index in [1.807, 2.05) is 0 Å². The SMILES string of the molecule is Cc1c(N)cccc1C(=O)OCc1ccc(F)cc1Cl. The summed E-state index contributed by atoms with van der Waals surface area (Å²) in [5, 5.41) is 0.224. The summed E-state index contributed by atoms with van der Waals surface area (Å²) in [6.07, 6.45) is 0. The van der Waals surface area contributed by atoms with Crippen molar-refractivity contribution in [1.82, 2.24) is 0 Å². The second-order valence-electron chi connectivity index (χ2n) is 4.33. The van der Waals surface area contributed by atoms with Gasteiger partial charge in [0.15, 0.2) is 0 Å². The topological polar surface area (TPSA) is 52.3 Å². The Kier molecular flexibility index (Phi) is 4.25. The quantitative estimate of drug-likeness (QED) is 0.693. The van der Waals surface area contributed by atoms with Gasteiger partial charge in [0.05, 0.1) is 10.6 Å². The minimum atomic E-state index is -0.491.